The summed E-state index contributed by atoms with van der Waals surface area (Å²) in [7, 11) is 0. The maximum atomic E-state index is 12.8. The summed E-state index contributed by atoms with van der Waals surface area (Å²) in [6.45, 7) is 11.7. The first-order valence-electron chi connectivity index (χ1n) is 11.7. The van der Waals surface area contributed by atoms with Gasteiger partial charge in [0.05, 0.1) is 0 Å². The van der Waals surface area contributed by atoms with Gasteiger partial charge in [0.15, 0.2) is 0 Å². The Morgan fingerprint density at radius 1 is 0.806 bits per heavy atom. The van der Waals surface area contributed by atoms with Gasteiger partial charge < -0.3 is 0 Å². The Kier molecular flexibility index (Phi) is 9.14. The molecule has 0 aliphatic heterocycles. The molecule has 0 saturated carbocycles. The van der Waals surface area contributed by atoms with Crippen molar-refractivity contribution in [2.75, 3.05) is 0 Å². The quantitative estimate of drug-likeness (QED) is 0.348. The average Bonchev–Trinajstić information content (AvgIpc) is 2.91. The number of rotatable bonds is 10. The van der Waals surface area contributed by atoms with E-state index in [1.807, 2.05) is 34.6 Å². The van der Waals surface area contributed by atoms with Gasteiger partial charge in [-0.1, -0.05) is 0 Å². The second-order valence-corrected chi connectivity index (χ2v) is 13.0. The Labute approximate surface area is 191 Å². The topological polar surface area (TPSA) is 78.9 Å². The predicted molar refractivity (Wildman–Crippen MR) is 115 cm³/mol. The van der Waals surface area contributed by atoms with Crippen LogP contribution in [0, 0.1) is 0 Å². The molecule has 0 spiro atoms. The minimum absolute atomic E-state index is 0.188. The molecule has 174 valence electrons. The summed E-state index contributed by atoms with van der Waals surface area (Å²) in [5.41, 5.74) is 4.53. The number of hydrogen-bond acceptors (Lipinski definition) is 6. The van der Waals surface area contributed by atoms with Crippen LogP contribution in [0.25, 0.3) is 0 Å². The van der Waals surface area contributed by atoms with E-state index in [-0.39, 0.29) is 19.3 Å². The molecule has 0 amide bonds. The summed E-state index contributed by atoms with van der Waals surface area (Å²) in [5, 5.41) is 0. The van der Waals surface area contributed by atoms with Gasteiger partial charge in [-0.05, 0) is 0 Å². The molecule has 31 heavy (non-hydrogen) atoms. The van der Waals surface area contributed by atoms with E-state index in [1.165, 1.54) is 5.57 Å². The normalized spacial score (nSPS) is 21.1. The first kappa shape index (κ1) is 25.9. The van der Waals surface area contributed by atoms with Gasteiger partial charge in [-0.2, -0.15) is 0 Å². The third kappa shape index (κ3) is 5.17. The van der Waals surface area contributed by atoms with Crippen LogP contribution < -0.4 is 0 Å². The van der Waals surface area contributed by atoms with Crippen LogP contribution >= 0.6 is 0 Å². The van der Waals surface area contributed by atoms with E-state index in [2.05, 4.69) is 6.92 Å². The van der Waals surface area contributed by atoms with Gasteiger partial charge in [0.1, 0.15) is 0 Å². The third-order valence-electron chi connectivity index (χ3n) is 6.56. The Morgan fingerprint density at radius 3 is 1.65 bits per heavy atom. The standard InChI is InChI=1S/C12H17.3C4H8O2.Ti/c1-8-9(2)11-6-4-5-7-12(11)10(8)3;3*1-2-3-4(5)6;/h4-7H2,1-3H3;3*2-3H2,1H3,(H,5,6);/q;;;;+3/p-3. The predicted octanol–water partition coefficient (Wildman–Crippen LogP) is 6.31. The van der Waals surface area contributed by atoms with Crippen molar-refractivity contribution in [3.8, 4) is 0 Å². The molecular weight excluding hydrogens is 432 g/mol. The molecule has 0 fully saturated rings. The fourth-order valence-electron chi connectivity index (χ4n) is 4.70. The van der Waals surface area contributed by atoms with Gasteiger partial charge >= 0.3 is 192 Å². The zero-order chi connectivity index (χ0) is 23.2. The van der Waals surface area contributed by atoms with E-state index in [0.29, 0.717) is 19.3 Å². The van der Waals surface area contributed by atoms with Crippen molar-refractivity contribution in [3.05, 3.63) is 22.3 Å². The Hall–Kier alpha value is -1.40. The van der Waals surface area contributed by atoms with Crippen molar-refractivity contribution in [1.29, 1.82) is 0 Å². The molecule has 1 atom stereocenters. The summed E-state index contributed by atoms with van der Waals surface area (Å²) in [5.74, 6) is -1.40. The summed E-state index contributed by atoms with van der Waals surface area (Å²) in [4.78, 5) is 38.4. The molecule has 1 unspecified atom stereocenters. The van der Waals surface area contributed by atoms with Crippen molar-refractivity contribution >= 4 is 17.9 Å². The second kappa shape index (κ2) is 11.0. The summed E-state index contributed by atoms with van der Waals surface area (Å²) < 4.78 is 17.3. The molecule has 0 aromatic rings. The zero-order valence-corrected chi connectivity index (χ0v) is 21.6. The maximum absolute atomic E-state index is 12.8. The van der Waals surface area contributed by atoms with Gasteiger partial charge in [-0.15, -0.1) is 0 Å². The van der Waals surface area contributed by atoms with Crippen LogP contribution in [0.1, 0.15) is 106 Å². The average molecular weight is 470 g/mol. The van der Waals surface area contributed by atoms with Gasteiger partial charge in [0.25, 0.3) is 0 Å². The van der Waals surface area contributed by atoms with Crippen LogP contribution in [0.5, 0.6) is 0 Å². The summed E-state index contributed by atoms with van der Waals surface area (Å²) in [6, 6.07) is 0. The Balaban J connectivity index is 2.69. The Morgan fingerprint density at radius 2 is 1.23 bits per heavy atom. The zero-order valence-electron chi connectivity index (χ0n) is 20.0. The fraction of sp³-hybridized carbons (Fsp3) is 0.708. The van der Waals surface area contributed by atoms with E-state index in [9.17, 15) is 14.4 Å². The monoisotopic (exact) mass is 470 g/mol. The summed E-state index contributed by atoms with van der Waals surface area (Å²) in [6.07, 6.45) is 6.25. The molecule has 7 heteroatoms. The van der Waals surface area contributed by atoms with E-state index < -0.39 is 39.4 Å². The third-order valence-corrected chi connectivity index (χ3v) is 11.9. The number of allylic oxidation sites excluding steroid dienone is 4. The van der Waals surface area contributed by atoms with Crippen LogP contribution in [-0.2, 0) is 42.1 Å². The van der Waals surface area contributed by atoms with Crippen LogP contribution in [0.4, 0.5) is 0 Å². The van der Waals surface area contributed by atoms with Crippen molar-refractivity contribution in [2.24, 2.45) is 0 Å². The van der Waals surface area contributed by atoms with Crippen molar-refractivity contribution in [3.63, 3.8) is 0 Å². The molecule has 0 bridgehead atoms. The van der Waals surface area contributed by atoms with E-state index in [4.69, 9.17) is 9.96 Å². The van der Waals surface area contributed by atoms with Gasteiger partial charge in [-0.3, -0.25) is 0 Å². The number of carbonyl (C=O) groups excluding carboxylic acids is 3. The molecule has 0 saturated heterocycles. The first-order valence-corrected chi connectivity index (χ1v) is 14.4. The van der Waals surface area contributed by atoms with Gasteiger partial charge in [0.2, 0.25) is 0 Å². The minimum atomic E-state index is -4.87. The van der Waals surface area contributed by atoms with E-state index in [0.717, 1.165) is 42.4 Å². The van der Waals surface area contributed by atoms with Crippen LogP contribution in [0.15, 0.2) is 22.3 Å². The van der Waals surface area contributed by atoms with E-state index >= 15 is 0 Å². The molecule has 6 nitrogen and oxygen atoms in total. The van der Waals surface area contributed by atoms with E-state index in [1.54, 1.807) is 0 Å². The molecule has 0 aromatic heterocycles. The SMILES string of the molecule is CCCC(=O)[O][Ti]([O]C(=O)CCC)([O]C(=O)CCC)[C]1(C)C(C)=C(C)C2=C1CCCC2. The molecule has 2 rings (SSSR count). The van der Waals surface area contributed by atoms with Crippen molar-refractivity contribution in [1.82, 2.24) is 0 Å². The number of hydrogen-bond donors (Lipinski definition) is 0. The first-order chi connectivity index (χ1) is 14.7. The van der Waals surface area contributed by atoms with Gasteiger partial charge in [0, 0.05) is 0 Å². The fourth-order valence-corrected chi connectivity index (χ4v) is 9.75. The molecule has 0 heterocycles. The van der Waals surface area contributed by atoms with Crippen LogP contribution in [-0.4, -0.2) is 17.9 Å². The molecule has 0 N–H and O–H groups in total. The number of carbonyl (C=O) groups is 3. The summed E-state index contributed by atoms with van der Waals surface area (Å²) >= 11 is -4.87. The van der Waals surface area contributed by atoms with Crippen molar-refractivity contribution in [2.45, 2.75) is 109 Å². The molecule has 2 aliphatic rings. The van der Waals surface area contributed by atoms with Crippen LogP contribution in [0.3, 0.4) is 0 Å². The molecular formula is C24H38O6Ti. The Bertz CT molecular complexity index is 731. The van der Waals surface area contributed by atoms with Crippen LogP contribution in [0.2, 0.25) is 3.72 Å². The van der Waals surface area contributed by atoms with Crippen molar-refractivity contribution < 1.29 is 42.1 Å². The van der Waals surface area contributed by atoms with Gasteiger partial charge in [-0.25, -0.2) is 0 Å². The molecule has 0 aromatic carbocycles. The molecule has 2 aliphatic carbocycles. The molecule has 0 radical (unpaired) electrons. The second-order valence-electron chi connectivity index (χ2n) is 8.77.